The molecular weight excluding hydrogens is 338 g/mol. The molecule has 0 aromatic heterocycles. The molecule has 0 spiro atoms. The third-order valence-electron chi connectivity index (χ3n) is 3.35. The van der Waals surface area contributed by atoms with Crippen molar-refractivity contribution < 1.29 is 32.0 Å². The van der Waals surface area contributed by atoms with Gasteiger partial charge in [0.05, 0.1) is 23.5 Å². The first kappa shape index (κ1) is 18.5. The average molecular weight is 357 g/mol. The average Bonchev–Trinajstić information content (AvgIpc) is 2.95. The van der Waals surface area contributed by atoms with Crippen molar-refractivity contribution in [3.8, 4) is 0 Å². The predicted molar refractivity (Wildman–Crippen MR) is 82.3 cm³/mol. The number of benzene rings is 1. The molecule has 0 bridgehead atoms. The lowest BCUT2D eigenvalue weighted by Crippen LogP contribution is -2.34. The van der Waals surface area contributed by atoms with Gasteiger partial charge in [0, 0.05) is 13.0 Å². The number of hydrogen-bond acceptors (Lipinski definition) is 8. The van der Waals surface area contributed by atoms with E-state index in [1.54, 1.807) is 18.2 Å². The van der Waals surface area contributed by atoms with Crippen molar-refractivity contribution in [2.24, 2.45) is 0 Å². The second-order valence-electron chi connectivity index (χ2n) is 5.53. The summed E-state index contributed by atoms with van der Waals surface area (Å²) in [5.41, 5.74) is 0. The highest BCUT2D eigenvalue weighted by Gasteiger charge is 2.35. The SMILES string of the molecule is CC(O)CC(=O)OC(=O)[C@@H]1CC(OS(=O)(=O)c2ccccc2)CN1. The van der Waals surface area contributed by atoms with Crippen LogP contribution in [0.5, 0.6) is 0 Å². The zero-order valence-corrected chi connectivity index (χ0v) is 13.9. The number of aliphatic hydroxyl groups is 1. The van der Waals surface area contributed by atoms with E-state index in [0.717, 1.165) is 0 Å². The highest BCUT2D eigenvalue weighted by atomic mass is 32.2. The van der Waals surface area contributed by atoms with Gasteiger partial charge < -0.3 is 15.2 Å². The third kappa shape index (κ3) is 5.10. The van der Waals surface area contributed by atoms with Crippen molar-refractivity contribution in [3.05, 3.63) is 30.3 Å². The monoisotopic (exact) mass is 357 g/mol. The largest absolute Gasteiger partial charge is 0.393 e. The molecule has 2 unspecified atom stereocenters. The summed E-state index contributed by atoms with van der Waals surface area (Å²) < 4.78 is 33.9. The van der Waals surface area contributed by atoms with Gasteiger partial charge >= 0.3 is 11.9 Å². The Bertz CT molecular complexity index is 687. The summed E-state index contributed by atoms with van der Waals surface area (Å²) >= 11 is 0. The predicted octanol–water partition coefficient (Wildman–Crippen LogP) is -0.0369. The molecular formula is C15H19NO7S. The Morgan fingerprint density at radius 2 is 2.00 bits per heavy atom. The van der Waals surface area contributed by atoms with Gasteiger partial charge in [-0.2, -0.15) is 8.42 Å². The molecule has 1 fully saturated rings. The van der Waals surface area contributed by atoms with E-state index in [2.05, 4.69) is 10.1 Å². The molecule has 1 aliphatic heterocycles. The van der Waals surface area contributed by atoms with Crippen LogP contribution in [0.1, 0.15) is 19.8 Å². The first-order chi connectivity index (χ1) is 11.3. The van der Waals surface area contributed by atoms with Gasteiger partial charge in [-0.3, -0.25) is 8.98 Å². The fraction of sp³-hybridized carbons (Fsp3) is 0.467. The Kier molecular flexibility index (Phi) is 6.05. The number of rotatable bonds is 6. The highest BCUT2D eigenvalue weighted by molar-refractivity contribution is 7.86. The lowest BCUT2D eigenvalue weighted by molar-refractivity contribution is -0.162. The summed E-state index contributed by atoms with van der Waals surface area (Å²) in [4.78, 5) is 23.2. The van der Waals surface area contributed by atoms with Crippen molar-refractivity contribution in [1.82, 2.24) is 5.32 Å². The molecule has 0 radical (unpaired) electrons. The number of aliphatic hydroxyl groups excluding tert-OH is 1. The normalized spacial score (nSPS) is 22.1. The first-order valence-electron chi connectivity index (χ1n) is 7.42. The maximum absolute atomic E-state index is 12.1. The Morgan fingerprint density at radius 1 is 1.33 bits per heavy atom. The Balaban J connectivity index is 1.89. The lowest BCUT2D eigenvalue weighted by Gasteiger charge is -2.11. The van der Waals surface area contributed by atoms with Gasteiger partial charge in [0.25, 0.3) is 10.1 Å². The number of hydrogen-bond donors (Lipinski definition) is 2. The van der Waals surface area contributed by atoms with Gasteiger partial charge in [0.1, 0.15) is 6.04 Å². The van der Waals surface area contributed by atoms with Crippen LogP contribution in [0.25, 0.3) is 0 Å². The second-order valence-corrected chi connectivity index (χ2v) is 7.10. The van der Waals surface area contributed by atoms with Crippen LogP contribution in [0, 0.1) is 0 Å². The Labute approximate surface area is 139 Å². The number of ether oxygens (including phenoxy) is 1. The van der Waals surface area contributed by atoms with Crippen LogP contribution >= 0.6 is 0 Å². The molecule has 8 nitrogen and oxygen atoms in total. The third-order valence-corrected chi connectivity index (χ3v) is 4.72. The fourth-order valence-corrected chi connectivity index (χ4v) is 3.35. The van der Waals surface area contributed by atoms with Gasteiger partial charge in [-0.1, -0.05) is 18.2 Å². The van der Waals surface area contributed by atoms with Crippen LogP contribution in [0.3, 0.4) is 0 Å². The summed E-state index contributed by atoms with van der Waals surface area (Å²) in [6.07, 6.45) is -1.87. The molecule has 3 atom stereocenters. The van der Waals surface area contributed by atoms with Crippen LogP contribution in [-0.4, -0.2) is 50.3 Å². The molecule has 0 saturated carbocycles. The lowest BCUT2D eigenvalue weighted by atomic mass is 10.2. The minimum Gasteiger partial charge on any atom is -0.393 e. The van der Waals surface area contributed by atoms with E-state index in [1.165, 1.54) is 19.1 Å². The second kappa shape index (κ2) is 7.84. The topological polar surface area (TPSA) is 119 Å². The molecule has 2 rings (SSSR count). The molecule has 24 heavy (non-hydrogen) atoms. The standard InChI is InChI=1S/C15H19NO7S/c1-10(17)7-14(18)22-15(19)13-8-11(9-16-13)23-24(20,21)12-5-3-2-4-6-12/h2-6,10-11,13,16-17H,7-9H2,1H3/t10?,11?,13-/m0/s1. The molecule has 2 N–H and O–H groups in total. The number of nitrogens with one attached hydrogen (secondary N) is 1. The van der Waals surface area contributed by atoms with Gasteiger partial charge in [-0.15, -0.1) is 0 Å². The smallest absolute Gasteiger partial charge is 0.330 e. The van der Waals surface area contributed by atoms with E-state index in [9.17, 15) is 18.0 Å². The summed E-state index contributed by atoms with van der Waals surface area (Å²) in [6, 6.07) is 6.84. The van der Waals surface area contributed by atoms with Crippen molar-refractivity contribution in [2.75, 3.05) is 6.54 Å². The van der Waals surface area contributed by atoms with E-state index in [4.69, 9.17) is 9.29 Å². The van der Waals surface area contributed by atoms with Gasteiger partial charge in [0.2, 0.25) is 0 Å². The van der Waals surface area contributed by atoms with Gasteiger partial charge in [-0.25, -0.2) is 4.79 Å². The van der Waals surface area contributed by atoms with Crippen molar-refractivity contribution in [2.45, 2.75) is 42.9 Å². The molecule has 1 heterocycles. The minimum atomic E-state index is -3.92. The number of carbonyl (C=O) groups is 2. The zero-order chi connectivity index (χ0) is 17.7. The minimum absolute atomic E-state index is 0.0307. The zero-order valence-electron chi connectivity index (χ0n) is 13.0. The maximum Gasteiger partial charge on any atom is 0.330 e. The highest BCUT2D eigenvalue weighted by Crippen LogP contribution is 2.19. The van der Waals surface area contributed by atoms with E-state index >= 15 is 0 Å². The Hall–Kier alpha value is -1.81. The van der Waals surface area contributed by atoms with E-state index in [0.29, 0.717) is 0 Å². The number of carbonyl (C=O) groups excluding carboxylic acids is 2. The van der Waals surface area contributed by atoms with Crippen LogP contribution in [0.2, 0.25) is 0 Å². The molecule has 1 saturated heterocycles. The van der Waals surface area contributed by atoms with Gasteiger partial charge in [-0.05, 0) is 19.1 Å². The van der Waals surface area contributed by atoms with Crippen molar-refractivity contribution in [3.63, 3.8) is 0 Å². The maximum atomic E-state index is 12.1. The van der Waals surface area contributed by atoms with Crippen molar-refractivity contribution in [1.29, 1.82) is 0 Å². The van der Waals surface area contributed by atoms with E-state index in [-0.39, 0.29) is 24.3 Å². The summed E-state index contributed by atoms with van der Waals surface area (Å²) in [6.45, 7) is 1.54. The van der Waals surface area contributed by atoms with Crippen LogP contribution in [-0.2, 0) is 28.6 Å². The molecule has 0 amide bonds. The molecule has 1 aromatic rings. The van der Waals surface area contributed by atoms with Gasteiger partial charge in [0.15, 0.2) is 0 Å². The molecule has 9 heteroatoms. The quantitative estimate of drug-likeness (QED) is 0.414. The fourth-order valence-electron chi connectivity index (χ4n) is 2.24. The van der Waals surface area contributed by atoms with E-state index in [1.807, 2.05) is 0 Å². The summed E-state index contributed by atoms with van der Waals surface area (Å²) in [7, 11) is -3.92. The van der Waals surface area contributed by atoms with Crippen molar-refractivity contribution >= 4 is 22.1 Å². The molecule has 132 valence electrons. The van der Waals surface area contributed by atoms with Crippen LogP contribution < -0.4 is 5.32 Å². The van der Waals surface area contributed by atoms with E-state index < -0.39 is 40.3 Å². The summed E-state index contributed by atoms with van der Waals surface area (Å²) in [5, 5.41) is 11.8. The molecule has 0 aliphatic carbocycles. The van der Waals surface area contributed by atoms with Crippen LogP contribution in [0.4, 0.5) is 0 Å². The van der Waals surface area contributed by atoms with Crippen LogP contribution in [0.15, 0.2) is 35.2 Å². The summed E-state index contributed by atoms with van der Waals surface area (Å²) in [5.74, 6) is -1.65. The molecule has 1 aromatic carbocycles. The number of esters is 2. The Morgan fingerprint density at radius 3 is 2.62 bits per heavy atom. The molecule has 1 aliphatic rings. The first-order valence-corrected chi connectivity index (χ1v) is 8.83.